The van der Waals surface area contributed by atoms with E-state index in [9.17, 15) is 14.4 Å². The van der Waals surface area contributed by atoms with Gasteiger partial charge < -0.3 is 11.5 Å². The van der Waals surface area contributed by atoms with E-state index in [0.717, 1.165) is 0 Å². The van der Waals surface area contributed by atoms with E-state index in [1.165, 1.54) is 0 Å². The maximum Gasteiger partial charge on any atom is 0.335 e. The van der Waals surface area contributed by atoms with Crippen molar-refractivity contribution >= 4 is 41.6 Å². The Balaban J connectivity index is 3.45. The number of nitrogens with zero attached hydrogens (tertiary/aromatic N) is 4. The van der Waals surface area contributed by atoms with Crippen molar-refractivity contribution in [1.82, 2.24) is 9.97 Å². The van der Waals surface area contributed by atoms with E-state index in [0.29, 0.717) is 10.0 Å². The third kappa shape index (κ3) is 2.85. The molecule has 4 amide bonds. The monoisotopic (exact) mass is 288 g/mol. The molecular weight excluding hydrogens is 280 g/mol. The van der Waals surface area contributed by atoms with Crippen molar-refractivity contribution in [2.24, 2.45) is 23.2 Å². The van der Waals surface area contributed by atoms with Gasteiger partial charge in [0.1, 0.15) is 5.69 Å². The molecule has 19 heavy (non-hydrogen) atoms. The van der Waals surface area contributed by atoms with Crippen molar-refractivity contribution in [1.29, 1.82) is 0 Å². The minimum absolute atomic E-state index is 0.242. The second-order valence-corrected chi connectivity index (χ2v) is 3.44. The summed E-state index contributed by atoms with van der Waals surface area (Å²) < 4.78 is 0. The van der Waals surface area contributed by atoms with E-state index in [1.54, 1.807) is 0 Å². The summed E-state index contributed by atoms with van der Waals surface area (Å²) in [5.41, 5.74) is 9.48. The van der Waals surface area contributed by atoms with Gasteiger partial charge in [0, 0.05) is 0 Å². The van der Waals surface area contributed by atoms with Crippen LogP contribution >= 0.6 is 11.6 Å². The van der Waals surface area contributed by atoms with Crippen LogP contribution in [-0.2, 0) is 0 Å². The van der Waals surface area contributed by atoms with Crippen LogP contribution in [0.15, 0.2) is 0 Å². The number of urea groups is 2. The fourth-order valence-corrected chi connectivity index (χ4v) is 1.25. The summed E-state index contributed by atoms with van der Waals surface area (Å²) in [7, 11) is 0. The number of anilines is 2. The van der Waals surface area contributed by atoms with Crippen LogP contribution in [0, 0.1) is 0 Å². The van der Waals surface area contributed by atoms with Crippen molar-refractivity contribution in [2.45, 2.75) is 0 Å². The second-order valence-electron chi connectivity index (χ2n) is 3.08. The quantitative estimate of drug-likeness (QED) is 0.224. The molecule has 8 N–H and O–H groups in total. The lowest BCUT2D eigenvalue weighted by molar-refractivity contribution is 0.111. The van der Waals surface area contributed by atoms with Gasteiger partial charge in [-0.25, -0.2) is 41.3 Å². The molecule has 0 aliphatic carbocycles. The number of carbonyl (C=O) groups is 3. The second kappa shape index (κ2) is 5.43. The highest BCUT2D eigenvalue weighted by Gasteiger charge is 2.22. The molecule has 0 radical (unpaired) electrons. The smallest absolute Gasteiger partial charge is 0.335 e. The number of primary amides is 2. The van der Waals surface area contributed by atoms with Gasteiger partial charge in [-0.15, -0.1) is 0 Å². The molecule has 0 aromatic carbocycles. The minimum atomic E-state index is -1.12. The molecule has 0 saturated heterocycles. The standard InChI is InChI=1S/C7H9ClN8O3/c8-3-5(16(12)7(10)19)14-4(2(1-17)13-3)15(11)6(9)18/h1H,11-12H2,(H2,9,18)(H2,10,19). The molecule has 1 rings (SSSR count). The molecule has 1 heterocycles. The fraction of sp³-hybridized carbons (Fsp3) is 0. The molecule has 0 aliphatic heterocycles. The number of nitrogens with two attached hydrogens (primary N) is 4. The molecule has 1 aromatic rings. The molecule has 0 unspecified atom stereocenters. The van der Waals surface area contributed by atoms with Crippen molar-refractivity contribution in [3.05, 3.63) is 10.8 Å². The van der Waals surface area contributed by atoms with Crippen molar-refractivity contribution in [3.63, 3.8) is 0 Å². The van der Waals surface area contributed by atoms with Gasteiger partial charge >= 0.3 is 12.1 Å². The molecular formula is C7H9ClN8O3. The zero-order valence-electron chi connectivity index (χ0n) is 9.28. The van der Waals surface area contributed by atoms with Gasteiger partial charge in [-0.1, -0.05) is 11.6 Å². The first-order valence-corrected chi connectivity index (χ1v) is 4.88. The third-order valence-electron chi connectivity index (χ3n) is 1.89. The number of hydrazine groups is 2. The van der Waals surface area contributed by atoms with Crippen molar-refractivity contribution in [3.8, 4) is 0 Å². The molecule has 0 saturated carbocycles. The van der Waals surface area contributed by atoms with Gasteiger partial charge in [0.2, 0.25) is 0 Å². The Morgan fingerprint density at radius 3 is 1.95 bits per heavy atom. The van der Waals surface area contributed by atoms with E-state index in [2.05, 4.69) is 9.97 Å². The lowest BCUT2D eigenvalue weighted by atomic mass is 10.4. The SMILES string of the molecule is NC(=O)N(N)c1nc(N(N)C(N)=O)c(C=O)nc1Cl. The van der Waals surface area contributed by atoms with E-state index in [1.807, 2.05) is 0 Å². The van der Waals surface area contributed by atoms with E-state index in [4.69, 9.17) is 34.8 Å². The number of aldehydes is 1. The zero-order chi connectivity index (χ0) is 14.7. The first-order chi connectivity index (χ1) is 8.79. The predicted molar refractivity (Wildman–Crippen MR) is 64.9 cm³/mol. The molecule has 11 nitrogen and oxygen atoms in total. The van der Waals surface area contributed by atoms with Gasteiger partial charge in [-0.05, 0) is 0 Å². The van der Waals surface area contributed by atoms with Crippen LogP contribution in [0.5, 0.6) is 0 Å². The van der Waals surface area contributed by atoms with Crippen molar-refractivity contribution in [2.75, 3.05) is 10.0 Å². The minimum Gasteiger partial charge on any atom is -0.350 e. The lowest BCUT2D eigenvalue weighted by Gasteiger charge is -2.18. The van der Waals surface area contributed by atoms with E-state index < -0.39 is 23.7 Å². The number of hydrogen-bond acceptors (Lipinski definition) is 7. The average molecular weight is 289 g/mol. The van der Waals surface area contributed by atoms with Crippen LogP contribution in [-0.4, -0.2) is 28.3 Å². The van der Waals surface area contributed by atoms with Gasteiger partial charge in [-0.3, -0.25) is 4.79 Å². The summed E-state index contributed by atoms with van der Waals surface area (Å²) >= 11 is 5.67. The van der Waals surface area contributed by atoms with Crippen LogP contribution in [0.25, 0.3) is 0 Å². The van der Waals surface area contributed by atoms with Crippen LogP contribution in [0.4, 0.5) is 21.2 Å². The number of rotatable bonds is 3. The Morgan fingerprint density at radius 2 is 1.53 bits per heavy atom. The first-order valence-electron chi connectivity index (χ1n) is 4.50. The molecule has 0 atom stereocenters. The zero-order valence-corrected chi connectivity index (χ0v) is 10.0. The topological polar surface area (TPSA) is 188 Å². The molecule has 0 fully saturated rings. The molecule has 0 spiro atoms. The lowest BCUT2D eigenvalue weighted by Crippen LogP contribution is -2.45. The molecule has 0 aliphatic rings. The Hall–Kier alpha value is -2.50. The summed E-state index contributed by atoms with van der Waals surface area (Å²) in [4.78, 5) is 39.9. The third-order valence-corrected chi connectivity index (χ3v) is 2.14. The number of carbonyl (C=O) groups excluding carboxylic acids is 3. The van der Waals surface area contributed by atoms with Crippen LogP contribution in [0.2, 0.25) is 5.15 Å². The van der Waals surface area contributed by atoms with Crippen LogP contribution in [0.3, 0.4) is 0 Å². The Bertz CT molecular complexity index is 549. The van der Waals surface area contributed by atoms with E-state index in [-0.39, 0.29) is 17.1 Å². The highest BCUT2D eigenvalue weighted by molar-refractivity contribution is 6.32. The number of aromatic nitrogens is 2. The van der Waals surface area contributed by atoms with Crippen LogP contribution < -0.4 is 33.2 Å². The highest BCUT2D eigenvalue weighted by atomic mass is 35.5. The first kappa shape index (κ1) is 14.6. The largest absolute Gasteiger partial charge is 0.350 e. The molecule has 102 valence electrons. The van der Waals surface area contributed by atoms with Gasteiger partial charge in [0.25, 0.3) is 0 Å². The maximum absolute atomic E-state index is 10.9. The highest BCUT2D eigenvalue weighted by Crippen LogP contribution is 2.24. The molecule has 1 aromatic heterocycles. The number of halogens is 1. The van der Waals surface area contributed by atoms with Crippen molar-refractivity contribution < 1.29 is 14.4 Å². The summed E-state index contributed by atoms with van der Waals surface area (Å²) in [5.74, 6) is 9.74. The fourth-order valence-electron chi connectivity index (χ4n) is 1.03. The van der Waals surface area contributed by atoms with Gasteiger partial charge in [0.15, 0.2) is 23.1 Å². The Morgan fingerprint density at radius 1 is 1.05 bits per heavy atom. The Labute approximate surface area is 111 Å². The van der Waals surface area contributed by atoms with E-state index >= 15 is 0 Å². The number of amides is 4. The summed E-state index contributed by atoms with van der Waals surface area (Å²) in [6.07, 6.45) is 0.242. The molecule has 0 bridgehead atoms. The van der Waals surface area contributed by atoms with Crippen LogP contribution in [0.1, 0.15) is 10.5 Å². The summed E-state index contributed by atoms with van der Waals surface area (Å²) in [5, 5.41) is 0.318. The summed E-state index contributed by atoms with van der Waals surface area (Å²) in [6, 6.07) is -2.21. The Kier molecular flexibility index (Phi) is 4.16. The number of hydrogen-bond donors (Lipinski definition) is 4. The van der Waals surface area contributed by atoms with Gasteiger partial charge in [-0.2, -0.15) is 0 Å². The molecule has 12 heteroatoms. The van der Waals surface area contributed by atoms with Gasteiger partial charge in [0.05, 0.1) is 0 Å². The normalized spacial score (nSPS) is 9.84. The summed E-state index contributed by atoms with van der Waals surface area (Å²) in [6.45, 7) is 0. The maximum atomic E-state index is 10.9. The average Bonchev–Trinajstić information content (AvgIpc) is 2.36. The predicted octanol–water partition coefficient (Wildman–Crippen LogP) is -1.54.